The van der Waals surface area contributed by atoms with Crippen molar-refractivity contribution in [3.05, 3.63) is 53.9 Å². The number of ether oxygens (including phenoxy) is 1. The lowest BCUT2D eigenvalue weighted by Gasteiger charge is -2.10. The van der Waals surface area contributed by atoms with Gasteiger partial charge in [-0.1, -0.05) is 6.07 Å². The summed E-state index contributed by atoms with van der Waals surface area (Å²) in [4.78, 5) is 16.0. The lowest BCUT2D eigenvalue weighted by molar-refractivity contribution is -0.115. The third-order valence-electron chi connectivity index (χ3n) is 3.28. The molecule has 0 radical (unpaired) electrons. The average Bonchev–Trinajstić information content (AvgIpc) is 2.73. The Morgan fingerprint density at radius 2 is 2.27 bits per heavy atom. The molecule has 1 aromatic carbocycles. The van der Waals surface area contributed by atoms with Crippen molar-refractivity contribution in [3.8, 4) is 5.75 Å². The largest absolute Gasteiger partial charge is 0.492 e. The van der Waals surface area contributed by atoms with Crippen LogP contribution < -0.4 is 15.4 Å². The van der Waals surface area contributed by atoms with Crippen LogP contribution >= 0.6 is 12.4 Å². The number of anilines is 1. The number of amides is 1. The van der Waals surface area contributed by atoms with Gasteiger partial charge >= 0.3 is 0 Å². The van der Waals surface area contributed by atoms with E-state index in [1.54, 1.807) is 12.4 Å². The molecule has 0 bridgehead atoms. The van der Waals surface area contributed by atoms with E-state index >= 15 is 0 Å². The van der Waals surface area contributed by atoms with Crippen molar-refractivity contribution < 1.29 is 9.53 Å². The van der Waals surface area contributed by atoms with Gasteiger partial charge in [0.25, 0.3) is 0 Å². The van der Waals surface area contributed by atoms with E-state index in [1.165, 1.54) is 0 Å². The zero-order valence-electron chi connectivity index (χ0n) is 12.0. The topological polar surface area (TPSA) is 63.2 Å². The van der Waals surface area contributed by atoms with E-state index in [1.807, 2.05) is 30.3 Å². The van der Waals surface area contributed by atoms with Gasteiger partial charge in [0.15, 0.2) is 0 Å². The zero-order valence-corrected chi connectivity index (χ0v) is 12.9. The number of pyridine rings is 1. The highest BCUT2D eigenvalue weighted by molar-refractivity contribution is 5.92. The fraction of sp³-hybridized carbons (Fsp3) is 0.250. The number of benzene rings is 1. The van der Waals surface area contributed by atoms with Crippen LogP contribution in [-0.4, -0.2) is 24.0 Å². The molecule has 116 valence electrons. The van der Waals surface area contributed by atoms with Crippen LogP contribution in [0.1, 0.15) is 11.1 Å². The number of fused-ring (bicyclic) bond motifs is 1. The van der Waals surface area contributed by atoms with Gasteiger partial charge in [-0.15, -0.1) is 12.4 Å². The molecular weight excluding hydrogens is 302 g/mol. The second kappa shape index (κ2) is 7.77. The molecule has 2 heterocycles. The fourth-order valence-corrected chi connectivity index (χ4v) is 2.29. The smallest absolute Gasteiger partial charge is 0.228 e. The number of hydrogen-bond acceptors (Lipinski definition) is 4. The van der Waals surface area contributed by atoms with E-state index < -0.39 is 0 Å². The Hall–Kier alpha value is -2.11. The maximum Gasteiger partial charge on any atom is 0.228 e. The van der Waals surface area contributed by atoms with Crippen molar-refractivity contribution in [1.29, 1.82) is 0 Å². The molecule has 0 spiro atoms. The number of nitrogens with zero attached hydrogens (tertiary/aromatic N) is 1. The number of nitrogens with one attached hydrogen (secondary N) is 2. The van der Waals surface area contributed by atoms with E-state index in [0.29, 0.717) is 13.0 Å². The fourth-order valence-electron chi connectivity index (χ4n) is 2.29. The molecular formula is C16H18ClN3O2. The van der Waals surface area contributed by atoms with Crippen molar-refractivity contribution in [3.63, 3.8) is 0 Å². The highest BCUT2D eigenvalue weighted by Crippen LogP contribution is 2.24. The van der Waals surface area contributed by atoms with Gasteiger partial charge in [0.1, 0.15) is 12.4 Å². The van der Waals surface area contributed by atoms with Crippen LogP contribution in [0.5, 0.6) is 5.75 Å². The second-order valence-electron chi connectivity index (χ2n) is 4.93. The third-order valence-corrected chi connectivity index (χ3v) is 3.28. The normalized spacial score (nSPS) is 13.1. The monoisotopic (exact) mass is 319 g/mol. The van der Waals surface area contributed by atoms with Crippen LogP contribution in [0.3, 0.4) is 0 Å². The molecule has 1 aliphatic heterocycles. The molecule has 0 saturated carbocycles. The predicted octanol–water partition coefficient (Wildman–Crippen LogP) is 2.17. The van der Waals surface area contributed by atoms with Crippen molar-refractivity contribution >= 4 is 24.0 Å². The average molecular weight is 320 g/mol. The molecule has 0 saturated heterocycles. The number of rotatable bonds is 3. The molecule has 0 atom stereocenters. The standard InChI is InChI=1S/C16H17N3O2.ClH/c20-16(8-12-2-1-5-17-10-12)19-14-3-4-15-13(9-14)11-18-6-7-21-15;/h1-5,9-10,18H,6-8,11H2,(H,19,20);1H. The number of aromatic nitrogens is 1. The number of hydrogen-bond donors (Lipinski definition) is 2. The Labute approximate surface area is 135 Å². The molecule has 2 N–H and O–H groups in total. The first-order chi connectivity index (χ1) is 10.3. The predicted molar refractivity (Wildman–Crippen MR) is 87.5 cm³/mol. The van der Waals surface area contributed by atoms with E-state index in [-0.39, 0.29) is 18.3 Å². The summed E-state index contributed by atoms with van der Waals surface area (Å²) in [6.07, 6.45) is 3.72. The highest BCUT2D eigenvalue weighted by Gasteiger charge is 2.10. The van der Waals surface area contributed by atoms with Crippen molar-refractivity contribution in [2.45, 2.75) is 13.0 Å². The van der Waals surface area contributed by atoms with Crippen molar-refractivity contribution in [2.24, 2.45) is 0 Å². The van der Waals surface area contributed by atoms with Gasteiger partial charge in [-0.25, -0.2) is 0 Å². The summed E-state index contributed by atoms with van der Waals surface area (Å²) in [5.41, 5.74) is 2.75. The lowest BCUT2D eigenvalue weighted by Crippen LogP contribution is -2.16. The Morgan fingerprint density at radius 1 is 1.36 bits per heavy atom. The van der Waals surface area contributed by atoms with Crippen LogP contribution in [0.2, 0.25) is 0 Å². The van der Waals surface area contributed by atoms with Crippen LogP contribution in [0.4, 0.5) is 5.69 Å². The molecule has 0 aliphatic carbocycles. The summed E-state index contributed by atoms with van der Waals surface area (Å²) in [7, 11) is 0. The van der Waals surface area contributed by atoms with Gasteiger partial charge in [-0.05, 0) is 29.8 Å². The molecule has 3 rings (SSSR count). The first kappa shape index (κ1) is 16.3. The van der Waals surface area contributed by atoms with E-state index in [4.69, 9.17) is 4.74 Å². The zero-order chi connectivity index (χ0) is 14.5. The number of carbonyl (C=O) groups excluding carboxylic acids is 1. The summed E-state index contributed by atoms with van der Waals surface area (Å²) < 4.78 is 5.62. The Kier molecular flexibility index (Phi) is 5.75. The van der Waals surface area contributed by atoms with E-state index in [0.717, 1.165) is 35.7 Å². The van der Waals surface area contributed by atoms with Crippen molar-refractivity contribution in [2.75, 3.05) is 18.5 Å². The maximum atomic E-state index is 12.0. The highest BCUT2D eigenvalue weighted by atomic mass is 35.5. The third kappa shape index (κ3) is 4.19. The van der Waals surface area contributed by atoms with Crippen LogP contribution in [-0.2, 0) is 17.8 Å². The van der Waals surface area contributed by atoms with Crippen molar-refractivity contribution in [1.82, 2.24) is 10.3 Å². The maximum absolute atomic E-state index is 12.0. The Bertz CT molecular complexity index is 635. The SMILES string of the molecule is Cl.O=C(Cc1cccnc1)Nc1ccc2c(c1)CNCCO2. The van der Waals surface area contributed by atoms with Gasteiger partial charge in [-0.2, -0.15) is 0 Å². The van der Waals surface area contributed by atoms with Gasteiger partial charge in [0, 0.05) is 36.7 Å². The van der Waals surface area contributed by atoms with E-state index in [2.05, 4.69) is 15.6 Å². The second-order valence-corrected chi connectivity index (χ2v) is 4.93. The molecule has 22 heavy (non-hydrogen) atoms. The minimum Gasteiger partial charge on any atom is -0.492 e. The summed E-state index contributed by atoms with van der Waals surface area (Å²) in [6, 6.07) is 9.44. The van der Waals surface area contributed by atoms with E-state index in [9.17, 15) is 4.79 Å². The van der Waals surface area contributed by atoms with Gasteiger partial charge < -0.3 is 15.4 Å². The van der Waals surface area contributed by atoms with Crippen LogP contribution in [0.25, 0.3) is 0 Å². The first-order valence-corrected chi connectivity index (χ1v) is 6.96. The minimum absolute atomic E-state index is 0. The van der Waals surface area contributed by atoms with Gasteiger partial charge in [-0.3, -0.25) is 9.78 Å². The summed E-state index contributed by atoms with van der Waals surface area (Å²) in [5, 5.41) is 6.19. The molecule has 0 fully saturated rings. The van der Waals surface area contributed by atoms with Crippen LogP contribution in [0.15, 0.2) is 42.7 Å². The summed E-state index contributed by atoms with van der Waals surface area (Å²) in [6.45, 7) is 2.25. The Balaban J connectivity index is 0.00000176. The molecule has 1 amide bonds. The Morgan fingerprint density at radius 3 is 3.09 bits per heavy atom. The van der Waals surface area contributed by atoms with Gasteiger partial charge in [0.05, 0.1) is 6.42 Å². The lowest BCUT2D eigenvalue weighted by atomic mass is 10.1. The first-order valence-electron chi connectivity index (χ1n) is 6.96. The summed E-state index contributed by atoms with van der Waals surface area (Å²) in [5.74, 6) is 0.829. The minimum atomic E-state index is -0.0505. The number of halogens is 1. The van der Waals surface area contributed by atoms with Crippen LogP contribution in [0, 0.1) is 0 Å². The number of carbonyl (C=O) groups is 1. The quantitative estimate of drug-likeness (QED) is 0.910. The summed E-state index contributed by atoms with van der Waals surface area (Å²) >= 11 is 0. The van der Waals surface area contributed by atoms with Gasteiger partial charge in [0.2, 0.25) is 5.91 Å². The molecule has 2 aromatic rings. The molecule has 0 unspecified atom stereocenters. The molecule has 6 heteroatoms. The molecule has 1 aromatic heterocycles. The molecule has 1 aliphatic rings. The molecule has 5 nitrogen and oxygen atoms in total.